The topological polar surface area (TPSA) is 139 Å². The summed E-state index contributed by atoms with van der Waals surface area (Å²) in [5.74, 6) is -2.65. The molecule has 1 rings (SSSR count). The van der Waals surface area contributed by atoms with Crippen LogP contribution in [-0.2, 0) is 9.53 Å². The number of hydrogen-bond acceptors (Lipinski definition) is 7. The molecule has 112 valence electrons. The fourth-order valence-corrected chi connectivity index (χ4v) is 1.50. The highest BCUT2D eigenvalue weighted by atomic mass is 19.4. The van der Waals surface area contributed by atoms with Crippen molar-refractivity contribution >= 4 is 5.91 Å². The molecule has 0 saturated carbocycles. The summed E-state index contributed by atoms with van der Waals surface area (Å²) in [6.45, 7) is -0.876. The highest BCUT2D eigenvalue weighted by molar-refractivity contribution is 5.82. The average molecular weight is 291 g/mol. The number of aliphatic hydroxyl groups is 5. The molecule has 5 atom stereocenters. The summed E-state index contributed by atoms with van der Waals surface area (Å²) in [6, 6.07) is 0. The Kier molecular flexibility index (Phi) is 4.39. The van der Waals surface area contributed by atoms with Gasteiger partial charge < -0.3 is 35.6 Å². The summed E-state index contributed by atoms with van der Waals surface area (Å²) in [4.78, 5) is 10.7. The van der Waals surface area contributed by atoms with Crippen LogP contribution < -0.4 is 5.32 Å². The van der Waals surface area contributed by atoms with Gasteiger partial charge in [0.1, 0.15) is 18.3 Å². The smallest absolute Gasteiger partial charge is 0.394 e. The van der Waals surface area contributed by atoms with E-state index in [2.05, 4.69) is 4.74 Å². The van der Waals surface area contributed by atoms with Crippen LogP contribution in [0.25, 0.3) is 0 Å². The van der Waals surface area contributed by atoms with E-state index in [1.807, 2.05) is 0 Å². The Hall–Kier alpha value is -0.980. The first-order valence-corrected chi connectivity index (χ1v) is 4.96. The van der Waals surface area contributed by atoms with Gasteiger partial charge >= 0.3 is 12.1 Å². The van der Waals surface area contributed by atoms with E-state index >= 15 is 0 Å². The first-order valence-electron chi connectivity index (χ1n) is 4.96. The van der Waals surface area contributed by atoms with Crippen molar-refractivity contribution in [1.82, 2.24) is 5.32 Å². The lowest BCUT2D eigenvalue weighted by Crippen LogP contribution is -2.74. The van der Waals surface area contributed by atoms with E-state index in [1.165, 1.54) is 0 Å². The van der Waals surface area contributed by atoms with E-state index in [0.717, 1.165) is 5.32 Å². The summed E-state index contributed by atoms with van der Waals surface area (Å²) >= 11 is 0. The minimum Gasteiger partial charge on any atom is -0.394 e. The van der Waals surface area contributed by atoms with Gasteiger partial charge in [0.15, 0.2) is 0 Å². The van der Waals surface area contributed by atoms with Gasteiger partial charge in [-0.25, -0.2) is 0 Å². The SMILES string of the molecule is O=C(N[C@]1(O)C(O)O[C@H](CO)[C@@H](O)[C@@H]1O)C(F)(F)F. The van der Waals surface area contributed by atoms with E-state index in [4.69, 9.17) is 5.11 Å². The van der Waals surface area contributed by atoms with Gasteiger partial charge in [0.05, 0.1) is 6.61 Å². The van der Waals surface area contributed by atoms with E-state index in [9.17, 15) is 38.4 Å². The number of alkyl halides is 3. The Labute approximate surface area is 104 Å². The van der Waals surface area contributed by atoms with Crippen LogP contribution in [0.5, 0.6) is 0 Å². The minimum absolute atomic E-state index is 0.876. The Morgan fingerprint density at radius 3 is 2.26 bits per heavy atom. The van der Waals surface area contributed by atoms with Gasteiger partial charge in [-0.05, 0) is 0 Å². The molecule has 1 amide bonds. The number of hydrogen-bond donors (Lipinski definition) is 6. The molecular weight excluding hydrogens is 279 g/mol. The lowest BCUT2D eigenvalue weighted by molar-refractivity contribution is -0.337. The standard InChI is InChI=1S/C8H12F3NO7/c9-8(10,11)5(16)12-7(18)4(15)3(14)2(1-13)19-6(7)17/h2-4,6,13-15,17-18H,1H2,(H,12,16)/t2-,3-,4+,6?,7-/m1/s1. The molecule has 1 unspecified atom stereocenters. The molecule has 19 heavy (non-hydrogen) atoms. The summed E-state index contributed by atoms with van der Waals surface area (Å²) in [5, 5.41) is 47.4. The fraction of sp³-hybridized carbons (Fsp3) is 0.875. The second kappa shape index (κ2) is 5.19. The summed E-state index contributed by atoms with van der Waals surface area (Å²) in [7, 11) is 0. The first-order chi connectivity index (χ1) is 8.54. The van der Waals surface area contributed by atoms with Crippen LogP contribution in [0.2, 0.25) is 0 Å². The van der Waals surface area contributed by atoms with Gasteiger partial charge in [-0.15, -0.1) is 0 Å². The summed E-state index contributed by atoms with van der Waals surface area (Å²) < 4.78 is 40.5. The number of nitrogens with one attached hydrogen (secondary N) is 1. The van der Waals surface area contributed by atoms with Crippen LogP contribution in [0.4, 0.5) is 13.2 Å². The zero-order valence-electron chi connectivity index (χ0n) is 9.20. The van der Waals surface area contributed by atoms with E-state index < -0.39 is 49.0 Å². The Balaban J connectivity index is 2.94. The highest BCUT2D eigenvalue weighted by Crippen LogP contribution is 2.28. The lowest BCUT2D eigenvalue weighted by atomic mass is 9.93. The second-order valence-corrected chi connectivity index (χ2v) is 3.92. The van der Waals surface area contributed by atoms with Crippen LogP contribution in [0.15, 0.2) is 0 Å². The predicted octanol–water partition coefficient (Wildman–Crippen LogP) is -3.22. The molecule has 0 radical (unpaired) electrons. The maximum atomic E-state index is 12.0. The van der Waals surface area contributed by atoms with Crippen molar-refractivity contribution in [2.45, 2.75) is 36.5 Å². The zero-order valence-corrected chi connectivity index (χ0v) is 9.20. The highest BCUT2D eigenvalue weighted by Gasteiger charge is 2.57. The first kappa shape index (κ1) is 16.1. The third kappa shape index (κ3) is 2.96. The minimum atomic E-state index is -5.38. The fourth-order valence-electron chi connectivity index (χ4n) is 1.50. The normalized spacial score (nSPS) is 40.0. The molecule has 0 aromatic carbocycles. The van der Waals surface area contributed by atoms with Crippen molar-refractivity contribution in [2.75, 3.05) is 6.61 Å². The zero-order chi connectivity index (χ0) is 15.0. The molecule has 0 aromatic heterocycles. The van der Waals surface area contributed by atoms with E-state index in [1.54, 1.807) is 0 Å². The second-order valence-electron chi connectivity index (χ2n) is 3.92. The predicted molar refractivity (Wildman–Crippen MR) is 49.1 cm³/mol. The van der Waals surface area contributed by atoms with Crippen molar-refractivity contribution in [3.8, 4) is 0 Å². The van der Waals surface area contributed by atoms with Crippen LogP contribution >= 0.6 is 0 Å². The molecule has 8 nitrogen and oxygen atoms in total. The molecule has 1 aliphatic rings. The van der Waals surface area contributed by atoms with Gasteiger partial charge in [-0.2, -0.15) is 13.2 Å². The number of amides is 1. The maximum Gasteiger partial charge on any atom is 0.471 e. The third-order valence-electron chi connectivity index (χ3n) is 2.59. The molecule has 1 aliphatic heterocycles. The third-order valence-corrected chi connectivity index (χ3v) is 2.59. The molecule has 1 heterocycles. The number of carbonyl (C=O) groups is 1. The molecule has 1 fully saturated rings. The number of carbonyl (C=O) groups excluding carboxylic acids is 1. The molecule has 1 saturated heterocycles. The molecule has 0 spiro atoms. The van der Waals surface area contributed by atoms with E-state index in [-0.39, 0.29) is 0 Å². The monoisotopic (exact) mass is 291 g/mol. The van der Waals surface area contributed by atoms with Crippen molar-refractivity contribution < 1.29 is 48.2 Å². The summed E-state index contributed by atoms with van der Waals surface area (Å²) in [6.07, 6.45) is -13.8. The van der Waals surface area contributed by atoms with Crippen molar-refractivity contribution in [3.63, 3.8) is 0 Å². The number of rotatable bonds is 2. The van der Waals surface area contributed by atoms with Gasteiger partial charge in [-0.3, -0.25) is 4.79 Å². The molecule has 0 aliphatic carbocycles. The van der Waals surface area contributed by atoms with Crippen LogP contribution in [-0.4, -0.2) is 74.5 Å². The van der Waals surface area contributed by atoms with Gasteiger partial charge in [0.2, 0.25) is 12.0 Å². The number of aliphatic hydroxyl groups excluding tert-OH is 4. The molecule has 11 heteroatoms. The molecule has 0 bridgehead atoms. The van der Waals surface area contributed by atoms with Gasteiger partial charge in [0.25, 0.3) is 0 Å². The number of halogens is 3. The van der Waals surface area contributed by atoms with Crippen molar-refractivity contribution in [1.29, 1.82) is 0 Å². The van der Waals surface area contributed by atoms with Crippen LogP contribution in [0.1, 0.15) is 0 Å². The number of ether oxygens (including phenoxy) is 1. The molecule has 6 N–H and O–H groups in total. The largest absolute Gasteiger partial charge is 0.471 e. The lowest BCUT2D eigenvalue weighted by Gasteiger charge is -2.45. The molecule has 0 aromatic rings. The summed E-state index contributed by atoms with van der Waals surface area (Å²) in [5.41, 5.74) is -3.27. The Morgan fingerprint density at radius 2 is 1.84 bits per heavy atom. The molecular formula is C8H12F3NO7. The Bertz CT molecular complexity index is 352. The van der Waals surface area contributed by atoms with Crippen molar-refractivity contribution in [2.24, 2.45) is 0 Å². The maximum absolute atomic E-state index is 12.0. The van der Waals surface area contributed by atoms with Gasteiger partial charge in [-0.1, -0.05) is 0 Å². The van der Waals surface area contributed by atoms with E-state index in [0.29, 0.717) is 0 Å². The average Bonchev–Trinajstić information content (AvgIpc) is 2.30. The quantitative estimate of drug-likeness (QED) is 0.294. The Morgan fingerprint density at radius 1 is 1.32 bits per heavy atom. The van der Waals surface area contributed by atoms with Crippen molar-refractivity contribution in [3.05, 3.63) is 0 Å². The van der Waals surface area contributed by atoms with Crippen LogP contribution in [0.3, 0.4) is 0 Å². The van der Waals surface area contributed by atoms with Crippen LogP contribution in [0, 0.1) is 0 Å². The van der Waals surface area contributed by atoms with Gasteiger partial charge in [0, 0.05) is 0 Å².